The van der Waals surface area contributed by atoms with Crippen LogP contribution in [0, 0.1) is 0 Å². The average Bonchev–Trinajstić information content (AvgIpc) is 4.02. The number of fused-ring (bicyclic) bond motifs is 12. The van der Waals surface area contributed by atoms with E-state index in [2.05, 4.69) is 213 Å². The van der Waals surface area contributed by atoms with Crippen molar-refractivity contribution in [2.45, 2.75) is 119 Å². The second-order valence-corrected chi connectivity index (χ2v) is 21.6. The third-order valence-electron chi connectivity index (χ3n) is 15.0. The van der Waals surface area contributed by atoms with E-state index in [0.29, 0.717) is 35.5 Å². The maximum Gasteiger partial charge on any atom is 0.146 e. The van der Waals surface area contributed by atoms with Crippen molar-refractivity contribution in [2.24, 2.45) is 0 Å². The Morgan fingerprint density at radius 2 is 0.761 bits per heavy atom. The maximum atomic E-state index is 6.96. The summed E-state index contributed by atoms with van der Waals surface area (Å²) in [5.41, 5.74) is 19.1. The zero-order valence-electron chi connectivity index (χ0n) is 43.4. The van der Waals surface area contributed by atoms with Crippen LogP contribution in [-0.2, 0) is 0 Å². The van der Waals surface area contributed by atoms with E-state index in [9.17, 15) is 0 Å². The predicted molar refractivity (Wildman–Crippen MR) is 299 cm³/mol. The van der Waals surface area contributed by atoms with Gasteiger partial charge in [0.05, 0.1) is 29.3 Å². The minimum Gasteiger partial charge on any atom is -0.457 e. The Labute approximate surface area is 418 Å². The fourth-order valence-corrected chi connectivity index (χ4v) is 11.5. The summed E-state index contributed by atoms with van der Waals surface area (Å²) in [5.74, 6) is 3.53. The lowest BCUT2D eigenvalue weighted by Crippen LogP contribution is -2.03. The lowest BCUT2D eigenvalue weighted by atomic mass is 9.84. The molecule has 5 heterocycles. The topological polar surface area (TPSA) is 56.7 Å². The van der Waals surface area contributed by atoms with Crippen LogP contribution in [0.15, 0.2) is 140 Å². The normalized spacial score (nSPS) is 12.4. The number of hydrogen-bond acceptors (Lipinski definition) is 4. The molecule has 6 aromatic carbocycles. The molecule has 0 saturated heterocycles. The maximum absolute atomic E-state index is 6.96. The number of benzene rings is 6. The van der Waals surface area contributed by atoms with Gasteiger partial charge in [0.25, 0.3) is 0 Å². The molecule has 71 heavy (non-hydrogen) atoms. The molecule has 0 saturated carbocycles. The van der Waals surface area contributed by atoms with Gasteiger partial charge < -0.3 is 4.74 Å². The minimum atomic E-state index is 0.322. The molecule has 0 radical (unpaired) electrons. The third kappa shape index (κ3) is 7.57. The van der Waals surface area contributed by atoms with Crippen LogP contribution in [-0.4, -0.2) is 23.8 Å². The molecule has 5 aromatic heterocycles. The largest absolute Gasteiger partial charge is 0.457 e. The van der Waals surface area contributed by atoms with Gasteiger partial charge in [0, 0.05) is 38.9 Å². The standard InChI is InChI=1S/C65H65N5O/c1-36(2)45-17-13-18-46(37(3)4)60(45)42-24-27-53-51-28-25-43(32-55(51)64-67-34-58(69(64)57(53)31-42)61-47(38(5)6)19-14-20-48(61)39(7)8)71-44-26-29-52-54-23-16-30-66-63(54)70-59(35-68-65(70)56(52)33-44)62-49(40(9)10)21-15-22-50(62)41(11)12/h13-41H,1-12H3. The Balaban J connectivity index is 1.12. The SMILES string of the molecule is CC(C)c1cccc(C(C)C)c1-c1ccc2c3ccc(Oc4ccc5c6cccnc6n6c(-c7c(C(C)C)cccc7C(C)C)cnc6c5c4)cc3c3ncc(-c4c(C(C)C)cccc4C(C)C)n3c2c1. The number of hydrogen-bond donors (Lipinski definition) is 0. The van der Waals surface area contributed by atoms with Crippen molar-refractivity contribution in [1.82, 2.24) is 23.8 Å². The molecule has 6 nitrogen and oxygen atoms in total. The van der Waals surface area contributed by atoms with Crippen molar-refractivity contribution in [3.05, 3.63) is 173 Å². The highest BCUT2D eigenvalue weighted by Gasteiger charge is 2.25. The Bertz CT molecular complexity index is 3800. The van der Waals surface area contributed by atoms with Crippen molar-refractivity contribution in [3.63, 3.8) is 0 Å². The number of nitrogens with zero attached hydrogens (tertiary/aromatic N) is 5. The van der Waals surface area contributed by atoms with Crippen LogP contribution in [0.3, 0.4) is 0 Å². The van der Waals surface area contributed by atoms with Gasteiger partial charge in [0.15, 0.2) is 0 Å². The molecular formula is C65H65N5O. The molecule has 0 amide bonds. The molecule has 0 unspecified atom stereocenters. The number of rotatable bonds is 11. The first-order valence-electron chi connectivity index (χ1n) is 25.8. The van der Waals surface area contributed by atoms with E-state index in [1.54, 1.807) is 0 Å². The summed E-state index contributed by atoms with van der Waals surface area (Å²) in [6.07, 6.45) is 6.04. The van der Waals surface area contributed by atoms with E-state index in [0.717, 1.165) is 72.3 Å². The number of ether oxygens (including phenoxy) is 1. The highest BCUT2D eigenvalue weighted by Crippen LogP contribution is 2.45. The molecular weight excluding hydrogens is 867 g/mol. The van der Waals surface area contributed by atoms with Gasteiger partial charge in [-0.1, -0.05) is 150 Å². The summed E-state index contributed by atoms with van der Waals surface area (Å²) >= 11 is 0. The zero-order valence-corrected chi connectivity index (χ0v) is 43.4. The molecule has 0 aliphatic rings. The third-order valence-corrected chi connectivity index (χ3v) is 15.0. The van der Waals surface area contributed by atoms with E-state index in [4.69, 9.17) is 19.7 Å². The second-order valence-electron chi connectivity index (χ2n) is 21.6. The Morgan fingerprint density at radius 3 is 1.24 bits per heavy atom. The monoisotopic (exact) mass is 932 g/mol. The number of pyridine rings is 3. The summed E-state index contributed by atoms with van der Waals surface area (Å²) in [5, 5.41) is 6.51. The highest BCUT2D eigenvalue weighted by molar-refractivity contribution is 6.14. The molecule has 356 valence electrons. The van der Waals surface area contributed by atoms with Gasteiger partial charge in [-0.05, 0) is 145 Å². The summed E-state index contributed by atoms with van der Waals surface area (Å²) in [7, 11) is 0. The molecule has 0 spiro atoms. The van der Waals surface area contributed by atoms with Gasteiger partial charge in [-0.25, -0.2) is 15.0 Å². The van der Waals surface area contributed by atoms with Crippen LogP contribution in [0.25, 0.3) is 88.4 Å². The minimum absolute atomic E-state index is 0.322. The van der Waals surface area contributed by atoms with Gasteiger partial charge in [-0.2, -0.15) is 0 Å². The quantitative estimate of drug-likeness (QED) is 0.121. The van der Waals surface area contributed by atoms with E-state index in [1.807, 2.05) is 18.5 Å². The molecule has 0 aliphatic heterocycles. The van der Waals surface area contributed by atoms with Crippen LogP contribution in [0.5, 0.6) is 11.5 Å². The summed E-state index contributed by atoms with van der Waals surface area (Å²) in [6.45, 7) is 27.5. The first kappa shape index (κ1) is 46.1. The van der Waals surface area contributed by atoms with Crippen molar-refractivity contribution < 1.29 is 4.74 Å². The van der Waals surface area contributed by atoms with Crippen molar-refractivity contribution in [1.29, 1.82) is 0 Å². The van der Waals surface area contributed by atoms with Gasteiger partial charge in [0.2, 0.25) is 0 Å². The van der Waals surface area contributed by atoms with Gasteiger partial charge >= 0.3 is 0 Å². The first-order valence-corrected chi connectivity index (χ1v) is 25.8. The number of aromatic nitrogens is 5. The Kier molecular flexibility index (Phi) is 11.6. The van der Waals surface area contributed by atoms with E-state index in [1.165, 1.54) is 61.0 Å². The molecule has 0 atom stereocenters. The van der Waals surface area contributed by atoms with Crippen LogP contribution in [0.1, 0.15) is 152 Å². The van der Waals surface area contributed by atoms with E-state index in [-0.39, 0.29) is 0 Å². The lowest BCUT2D eigenvalue weighted by Gasteiger charge is -2.22. The lowest BCUT2D eigenvalue weighted by molar-refractivity contribution is 0.484. The zero-order chi connectivity index (χ0) is 49.6. The second kappa shape index (κ2) is 17.8. The fourth-order valence-electron chi connectivity index (χ4n) is 11.5. The van der Waals surface area contributed by atoms with Crippen LogP contribution >= 0.6 is 0 Å². The molecule has 6 heteroatoms. The number of imidazole rings is 2. The summed E-state index contributed by atoms with van der Waals surface area (Å²) < 4.78 is 11.7. The molecule has 0 aliphatic carbocycles. The molecule has 0 bridgehead atoms. The summed E-state index contributed by atoms with van der Waals surface area (Å²) in [4.78, 5) is 15.6. The fraction of sp³-hybridized carbons (Fsp3) is 0.277. The Hall–Kier alpha value is -7.31. The molecule has 11 aromatic rings. The Morgan fingerprint density at radius 1 is 0.352 bits per heavy atom. The van der Waals surface area contributed by atoms with Crippen LogP contribution < -0.4 is 4.74 Å². The molecule has 0 fully saturated rings. The van der Waals surface area contributed by atoms with E-state index >= 15 is 0 Å². The highest BCUT2D eigenvalue weighted by atomic mass is 16.5. The predicted octanol–water partition coefficient (Wildman–Crippen LogP) is 18.5. The van der Waals surface area contributed by atoms with E-state index < -0.39 is 0 Å². The van der Waals surface area contributed by atoms with Crippen molar-refractivity contribution in [3.8, 4) is 45.1 Å². The van der Waals surface area contributed by atoms with Gasteiger partial charge in [-0.3, -0.25) is 8.80 Å². The average molecular weight is 932 g/mol. The summed E-state index contributed by atoms with van der Waals surface area (Å²) in [6, 6.07) is 44.6. The van der Waals surface area contributed by atoms with Gasteiger partial charge in [-0.15, -0.1) is 0 Å². The smallest absolute Gasteiger partial charge is 0.146 e. The first-order chi connectivity index (χ1) is 34.2. The molecule has 11 rings (SSSR count). The van der Waals surface area contributed by atoms with Crippen LogP contribution in [0.2, 0.25) is 0 Å². The van der Waals surface area contributed by atoms with Crippen molar-refractivity contribution in [2.75, 3.05) is 0 Å². The van der Waals surface area contributed by atoms with Crippen LogP contribution in [0.4, 0.5) is 0 Å². The van der Waals surface area contributed by atoms with Gasteiger partial charge in [0.1, 0.15) is 28.4 Å². The van der Waals surface area contributed by atoms with Crippen molar-refractivity contribution >= 4 is 54.8 Å². The molecule has 0 N–H and O–H groups in total.